The van der Waals surface area contributed by atoms with E-state index in [0.29, 0.717) is 25.7 Å². The first kappa shape index (κ1) is 39.4. The maximum absolute atomic E-state index is 13.9. The Morgan fingerprint density at radius 1 is 0.894 bits per heavy atom. The third-order valence-electron chi connectivity index (χ3n) is 11.2. The Bertz CT molecular complexity index is 1320. The number of methoxy groups -OCH3 is 1. The number of hydrogen-bond acceptors (Lipinski definition) is 5. The van der Waals surface area contributed by atoms with Crippen LogP contribution in [-0.4, -0.2) is 41.6 Å². The van der Waals surface area contributed by atoms with Crippen LogP contribution in [0.1, 0.15) is 121 Å². The zero-order valence-corrected chi connectivity index (χ0v) is 33.6. The van der Waals surface area contributed by atoms with Crippen molar-refractivity contribution >= 4 is 28.4 Å². The molecule has 2 unspecified atom stereocenters. The Labute approximate surface area is 288 Å². The highest BCUT2D eigenvalue weighted by molar-refractivity contribution is 6.74. The molecule has 0 radical (unpaired) electrons. The van der Waals surface area contributed by atoms with E-state index in [2.05, 4.69) is 111 Å². The fourth-order valence-electron chi connectivity index (χ4n) is 6.15. The summed E-state index contributed by atoms with van der Waals surface area (Å²) in [5.74, 6) is -0.126. The summed E-state index contributed by atoms with van der Waals surface area (Å²) in [6, 6.07) is 17.4. The minimum absolute atomic E-state index is 0.0238. The van der Waals surface area contributed by atoms with Gasteiger partial charge in [-0.15, -0.1) is 0 Å². The van der Waals surface area contributed by atoms with E-state index in [0.717, 1.165) is 24.0 Å². The zero-order chi connectivity index (χ0) is 35.2. The Balaban J connectivity index is 1.97. The summed E-state index contributed by atoms with van der Waals surface area (Å²) >= 11 is 0. The van der Waals surface area contributed by atoms with Crippen molar-refractivity contribution in [2.75, 3.05) is 7.11 Å². The smallest absolute Gasteiger partial charge is 0.305 e. The molecule has 2 aromatic rings. The number of carbonyl (C=O) groups excluding carboxylic acids is 2. The predicted molar refractivity (Wildman–Crippen MR) is 200 cm³/mol. The molecule has 0 aromatic heterocycles. The molecule has 1 saturated carbocycles. The van der Waals surface area contributed by atoms with Gasteiger partial charge in [0.1, 0.15) is 5.78 Å². The van der Waals surface area contributed by atoms with Crippen LogP contribution in [0, 0.1) is 5.92 Å². The summed E-state index contributed by atoms with van der Waals surface area (Å²) in [6.07, 6.45) is 6.56. The third-order valence-corrected chi connectivity index (χ3v) is 20.2. The van der Waals surface area contributed by atoms with Crippen LogP contribution in [0.2, 0.25) is 36.3 Å². The average molecular weight is 681 g/mol. The van der Waals surface area contributed by atoms with Crippen LogP contribution in [0.25, 0.3) is 0 Å². The van der Waals surface area contributed by atoms with E-state index < -0.39 is 16.6 Å². The van der Waals surface area contributed by atoms with Gasteiger partial charge in [-0.1, -0.05) is 116 Å². The first-order chi connectivity index (χ1) is 21.8. The summed E-state index contributed by atoms with van der Waals surface area (Å²) in [4.78, 5) is 25.7. The summed E-state index contributed by atoms with van der Waals surface area (Å²) in [5, 5.41) is 0.182. The van der Waals surface area contributed by atoms with E-state index >= 15 is 0 Å². The van der Waals surface area contributed by atoms with Gasteiger partial charge >= 0.3 is 5.97 Å². The molecule has 1 aliphatic carbocycles. The van der Waals surface area contributed by atoms with Gasteiger partial charge in [-0.05, 0) is 77.8 Å². The molecule has 0 N–H and O–H groups in total. The largest absolute Gasteiger partial charge is 0.469 e. The van der Waals surface area contributed by atoms with Crippen LogP contribution < -0.4 is 0 Å². The van der Waals surface area contributed by atoms with Crippen LogP contribution in [-0.2, 0) is 36.0 Å². The number of benzene rings is 2. The quantitative estimate of drug-likeness (QED) is 0.106. The molecule has 3 rings (SSSR count). The number of carbonyl (C=O) groups is 2. The van der Waals surface area contributed by atoms with Gasteiger partial charge in [-0.3, -0.25) is 9.59 Å². The summed E-state index contributed by atoms with van der Waals surface area (Å²) in [5.41, 5.74) is 4.62. The topological polar surface area (TPSA) is 61.8 Å². The van der Waals surface area contributed by atoms with E-state index in [1.54, 1.807) is 0 Å². The highest BCUT2D eigenvalue weighted by Crippen LogP contribution is 2.47. The van der Waals surface area contributed by atoms with Crippen LogP contribution in [0.5, 0.6) is 0 Å². The van der Waals surface area contributed by atoms with Crippen molar-refractivity contribution in [1.29, 1.82) is 0 Å². The number of hydrogen-bond donors (Lipinski definition) is 0. The third kappa shape index (κ3) is 10.5. The van der Waals surface area contributed by atoms with Crippen LogP contribution in [0.3, 0.4) is 0 Å². The van der Waals surface area contributed by atoms with Crippen LogP contribution in [0.15, 0.2) is 48.5 Å². The molecule has 0 bridgehead atoms. The van der Waals surface area contributed by atoms with Gasteiger partial charge in [-0.2, -0.15) is 0 Å². The van der Waals surface area contributed by atoms with E-state index in [9.17, 15) is 9.59 Å². The molecule has 7 heteroatoms. The molecule has 0 saturated heterocycles. The molecular formula is C40H64O5Si2. The first-order valence-corrected chi connectivity index (χ1v) is 23.7. The van der Waals surface area contributed by atoms with Crippen molar-refractivity contribution in [3.8, 4) is 0 Å². The Morgan fingerprint density at radius 3 is 2.09 bits per heavy atom. The number of esters is 1. The number of ether oxygens (including phenoxy) is 1. The number of ketones is 1. The lowest BCUT2D eigenvalue weighted by Crippen LogP contribution is -2.44. The van der Waals surface area contributed by atoms with Gasteiger partial charge in [0.2, 0.25) is 0 Å². The van der Waals surface area contributed by atoms with E-state index in [-0.39, 0.29) is 45.9 Å². The maximum atomic E-state index is 13.9. The minimum Gasteiger partial charge on any atom is -0.469 e. The highest BCUT2D eigenvalue weighted by atomic mass is 28.4. The number of rotatable bonds is 15. The van der Waals surface area contributed by atoms with E-state index in [1.165, 1.54) is 31.1 Å². The predicted octanol–water partition coefficient (Wildman–Crippen LogP) is 10.7. The van der Waals surface area contributed by atoms with Gasteiger partial charge in [-0.25, -0.2) is 0 Å². The lowest BCUT2D eigenvalue weighted by molar-refractivity contribution is -0.140. The number of aryl methyl sites for hydroxylation is 1. The van der Waals surface area contributed by atoms with Gasteiger partial charge < -0.3 is 13.6 Å². The average Bonchev–Trinajstić information content (AvgIpc) is 3.27. The summed E-state index contributed by atoms with van der Waals surface area (Å²) in [6.45, 7) is 25.2. The van der Waals surface area contributed by atoms with Crippen molar-refractivity contribution in [3.05, 3.63) is 70.8 Å². The Kier molecular flexibility index (Phi) is 13.5. The van der Waals surface area contributed by atoms with Crippen LogP contribution in [0.4, 0.5) is 0 Å². The highest BCUT2D eigenvalue weighted by Gasteiger charge is 2.48. The lowest BCUT2D eigenvalue weighted by atomic mass is 9.82. The van der Waals surface area contributed by atoms with Gasteiger partial charge in [0, 0.05) is 24.7 Å². The van der Waals surface area contributed by atoms with Gasteiger partial charge in [0.25, 0.3) is 0 Å². The normalized spacial score (nSPS) is 20.0. The molecule has 0 spiro atoms. The van der Waals surface area contributed by atoms with Crippen molar-refractivity contribution in [2.24, 2.45) is 5.92 Å². The molecule has 1 aliphatic rings. The Morgan fingerprint density at radius 2 is 1.51 bits per heavy atom. The number of unbranched alkanes of at least 4 members (excludes halogenated alkanes) is 2. The van der Waals surface area contributed by atoms with Crippen molar-refractivity contribution in [1.82, 2.24) is 0 Å². The fourth-order valence-corrected chi connectivity index (χ4v) is 8.81. The molecular weight excluding hydrogens is 617 g/mol. The first-order valence-electron chi connectivity index (χ1n) is 17.9. The summed E-state index contributed by atoms with van der Waals surface area (Å²) < 4.78 is 18.9. The lowest BCUT2D eigenvalue weighted by Gasteiger charge is -2.40. The molecule has 1 fully saturated rings. The second kappa shape index (κ2) is 16.1. The zero-order valence-electron chi connectivity index (χ0n) is 31.6. The molecule has 0 amide bonds. The monoisotopic (exact) mass is 680 g/mol. The number of Topliss-reactive ketones (excluding diaryl/α,β-unsaturated/α-hetero) is 1. The Hall–Kier alpha value is -2.07. The molecule has 5 nitrogen and oxygen atoms in total. The van der Waals surface area contributed by atoms with Crippen molar-refractivity contribution in [2.45, 2.75) is 154 Å². The summed E-state index contributed by atoms with van der Waals surface area (Å²) in [7, 11) is -2.68. The minimum atomic E-state index is -2.13. The molecule has 4 atom stereocenters. The maximum Gasteiger partial charge on any atom is 0.305 e. The molecule has 2 aromatic carbocycles. The molecule has 0 heterocycles. The van der Waals surface area contributed by atoms with E-state index in [4.69, 9.17) is 13.6 Å². The SMILES string of the molecule is CCCCCC(O[Si](C)(C)C(C)(C)C)c1ccc([C@@H]2C(Cc3cccc(CCC(=O)OC)c3)C(=O)C[C@H]2O[Si](C)(C)C(C)(C)C)cc1. The molecule has 262 valence electrons. The second-order valence-corrected chi connectivity index (χ2v) is 26.4. The fraction of sp³-hybridized carbons (Fsp3) is 0.650. The van der Waals surface area contributed by atoms with Gasteiger partial charge in [0.05, 0.1) is 19.3 Å². The molecule has 0 aliphatic heterocycles. The van der Waals surface area contributed by atoms with Crippen LogP contribution >= 0.6 is 0 Å². The van der Waals surface area contributed by atoms with E-state index in [1.807, 2.05) is 12.1 Å². The van der Waals surface area contributed by atoms with Crippen molar-refractivity contribution in [3.63, 3.8) is 0 Å². The van der Waals surface area contributed by atoms with Crippen molar-refractivity contribution < 1.29 is 23.2 Å². The molecule has 47 heavy (non-hydrogen) atoms. The van der Waals surface area contributed by atoms with Gasteiger partial charge in [0.15, 0.2) is 16.6 Å². The standard InChI is InChI=1S/C40H64O5Si2/c1-13-14-15-19-35(44-46(9,10)39(2,3)4)31-21-23-32(24-22-31)38-33(34(41)28-36(38)45-47(11,12)40(5,6)7)27-30-18-16-17-29(26-30)20-25-37(42)43-8/h16-18,21-24,26,33,35-36,38H,13-15,19-20,25,27-28H2,1-12H3/t33?,35?,36-,38-/m1/s1. The second-order valence-electron chi connectivity index (χ2n) is 16.8.